The van der Waals surface area contributed by atoms with E-state index in [-0.39, 0.29) is 5.60 Å². The summed E-state index contributed by atoms with van der Waals surface area (Å²) < 4.78 is 5.96. The quantitative estimate of drug-likeness (QED) is 0.553. The van der Waals surface area contributed by atoms with Crippen LogP contribution in [0.25, 0.3) is 0 Å². The molecule has 0 aromatic heterocycles. The first-order valence-corrected chi connectivity index (χ1v) is 7.40. The highest BCUT2D eigenvalue weighted by atomic mass is 16.5. The van der Waals surface area contributed by atoms with E-state index < -0.39 is 0 Å². The van der Waals surface area contributed by atoms with Gasteiger partial charge in [-0.1, -0.05) is 13.8 Å². The van der Waals surface area contributed by atoms with Crippen molar-refractivity contribution in [1.29, 1.82) is 0 Å². The molecule has 0 aromatic carbocycles. The van der Waals surface area contributed by atoms with Crippen molar-refractivity contribution in [2.75, 3.05) is 13.7 Å². The molecule has 2 nitrogen and oxygen atoms in total. The van der Waals surface area contributed by atoms with E-state index in [4.69, 9.17) is 11.2 Å². The first-order chi connectivity index (χ1) is 8.68. The zero-order chi connectivity index (χ0) is 13.4. The summed E-state index contributed by atoms with van der Waals surface area (Å²) >= 11 is 0. The van der Waals surface area contributed by atoms with Crippen LogP contribution in [0.3, 0.4) is 0 Å². The van der Waals surface area contributed by atoms with Crippen molar-refractivity contribution in [1.82, 2.24) is 5.32 Å². The minimum absolute atomic E-state index is 0.0388. The molecule has 104 valence electrons. The van der Waals surface area contributed by atoms with Crippen LogP contribution in [0.4, 0.5) is 0 Å². The van der Waals surface area contributed by atoms with Gasteiger partial charge in [0.15, 0.2) is 0 Å². The summed E-state index contributed by atoms with van der Waals surface area (Å²) in [6.45, 7) is 5.52. The van der Waals surface area contributed by atoms with Crippen LogP contribution in [0.15, 0.2) is 0 Å². The van der Waals surface area contributed by atoms with Crippen LogP contribution >= 0.6 is 0 Å². The number of ether oxygens (including phenoxy) is 1. The lowest BCUT2D eigenvalue weighted by atomic mass is 9.74. The number of hydrogen-bond donors (Lipinski definition) is 1. The van der Waals surface area contributed by atoms with Gasteiger partial charge in [-0.2, -0.15) is 0 Å². The molecule has 1 fully saturated rings. The number of unbranched alkanes of at least 4 members (excludes halogenated alkanes) is 1. The summed E-state index contributed by atoms with van der Waals surface area (Å²) in [5.41, 5.74) is 0.0388. The second kappa shape index (κ2) is 7.81. The molecule has 0 amide bonds. The molecular formula is C16H29NO. The molecule has 1 atom stereocenters. The summed E-state index contributed by atoms with van der Waals surface area (Å²) in [5.74, 6) is 3.59. The van der Waals surface area contributed by atoms with Gasteiger partial charge in [0, 0.05) is 19.6 Å². The summed E-state index contributed by atoms with van der Waals surface area (Å²) in [7, 11) is 1.88. The predicted octanol–water partition coefficient (Wildman–Crippen LogP) is 3.36. The van der Waals surface area contributed by atoms with Crippen LogP contribution in [-0.4, -0.2) is 25.3 Å². The van der Waals surface area contributed by atoms with Crippen LogP contribution in [0, 0.1) is 18.3 Å². The van der Waals surface area contributed by atoms with Gasteiger partial charge in [0.2, 0.25) is 0 Å². The van der Waals surface area contributed by atoms with Crippen LogP contribution in [0.2, 0.25) is 0 Å². The van der Waals surface area contributed by atoms with Crippen molar-refractivity contribution in [2.24, 2.45) is 5.92 Å². The smallest absolute Gasteiger partial charge is 0.0831 e. The highest BCUT2D eigenvalue weighted by Crippen LogP contribution is 2.38. The van der Waals surface area contributed by atoms with E-state index in [1.54, 1.807) is 0 Å². The van der Waals surface area contributed by atoms with E-state index >= 15 is 0 Å². The summed E-state index contributed by atoms with van der Waals surface area (Å²) in [4.78, 5) is 0. The second-order valence-electron chi connectivity index (χ2n) is 5.66. The molecule has 0 radical (unpaired) electrons. The van der Waals surface area contributed by atoms with Crippen molar-refractivity contribution in [3.8, 4) is 12.3 Å². The predicted molar refractivity (Wildman–Crippen MR) is 77.5 cm³/mol. The van der Waals surface area contributed by atoms with E-state index in [0.29, 0.717) is 6.04 Å². The fourth-order valence-corrected chi connectivity index (χ4v) is 3.15. The molecule has 0 spiro atoms. The molecule has 1 unspecified atom stereocenters. The Morgan fingerprint density at radius 3 is 2.61 bits per heavy atom. The van der Waals surface area contributed by atoms with Gasteiger partial charge in [-0.05, 0) is 51.0 Å². The summed E-state index contributed by atoms with van der Waals surface area (Å²) in [6.07, 6.45) is 13.4. The van der Waals surface area contributed by atoms with Crippen molar-refractivity contribution < 1.29 is 4.74 Å². The van der Waals surface area contributed by atoms with E-state index in [1.165, 1.54) is 25.7 Å². The lowest BCUT2D eigenvalue weighted by molar-refractivity contribution is -0.0764. The topological polar surface area (TPSA) is 21.3 Å². The molecular weight excluding hydrogens is 222 g/mol. The Morgan fingerprint density at radius 2 is 2.11 bits per heavy atom. The maximum absolute atomic E-state index is 5.96. The largest absolute Gasteiger partial charge is 0.377 e. The molecule has 1 rings (SSSR count). The fourth-order valence-electron chi connectivity index (χ4n) is 3.15. The first-order valence-electron chi connectivity index (χ1n) is 7.40. The van der Waals surface area contributed by atoms with Gasteiger partial charge in [0.05, 0.1) is 5.60 Å². The number of nitrogens with one attached hydrogen (secondary N) is 1. The molecule has 1 saturated carbocycles. The highest BCUT2D eigenvalue weighted by molar-refractivity contribution is 4.97. The number of methoxy groups -OCH3 is 1. The summed E-state index contributed by atoms with van der Waals surface area (Å²) in [5, 5.41) is 3.62. The van der Waals surface area contributed by atoms with Crippen LogP contribution in [-0.2, 0) is 4.74 Å². The number of hydrogen-bond acceptors (Lipinski definition) is 2. The van der Waals surface area contributed by atoms with Gasteiger partial charge in [0.1, 0.15) is 0 Å². The zero-order valence-corrected chi connectivity index (χ0v) is 12.3. The molecule has 1 N–H and O–H groups in total. The lowest BCUT2D eigenvalue weighted by Crippen LogP contribution is -2.53. The van der Waals surface area contributed by atoms with Gasteiger partial charge < -0.3 is 10.1 Å². The van der Waals surface area contributed by atoms with Gasteiger partial charge in [-0.15, -0.1) is 12.3 Å². The number of rotatable bonds is 7. The van der Waals surface area contributed by atoms with Gasteiger partial charge >= 0.3 is 0 Å². The minimum Gasteiger partial charge on any atom is -0.377 e. The Kier molecular flexibility index (Phi) is 6.75. The molecule has 0 aromatic rings. The standard InChI is InChI=1S/C16H29NO/c1-5-7-8-9-15(17-6-2)16(18-4)12-10-14(3)11-13-16/h1,14-15,17H,6-13H2,2-4H3. The maximum Gasteiger partial charge on any atom is 0.0831 e. The van der Waals surface area contributed by atoms with Crippen LogP contribution < -0.4 is 5.32 Å². The Labute approximate surface area is 113 Å². The number of terminal acetylenes is 1. The fraction of sp³-hybridized carbons (Fsp3) is 0.875. The highest BCUT2D eigenvalue weighted by Gasteiger charge is 2.40. The average Bonchev–Trinajstić information content (AvgIpc) is 2.39. The van der Waals surface area contributed by atoms with E-state index in [9.17, 15) is 0 Å². The molecule has 1 aliphatic rings. The molecule has 0 heterocycles. The lowest BCUT2D eigenvalue weighted by Gasteiger charge is -2.44. The maximum atomic E-state index is 5.96. The SMILES string of the molecule is C#CCCCC(NCC)C1(OC)CCC(C)CC1. The normalized spacial score (nSPS) is 29.8. The van der Waals surface area contributed by atoms with E-state index in [0.717, 1.165) is 31.7 Å². The third-order valence-corrected chi connectivity index (χ3v) is 4.43. The van der Waals surface area contributed by atoms with E-state index in [1.807, 2.05) is 7.11 Å². The van der Waals surface area contributed by atoms with Crippen molar-refractivity contribution in [3.05, 3.63) is 0 Å². The minimum atomic E-state index is 0.0388. The monoisotopic (exact) mass is 251 g/mol. The number of likely N-dealkylation sites (N-methyl/N-ethyl adjacent to an activating group) is 1. The average molecular weight is 251 g/mol. The van der Waals surface area contributed by atoms with Gasteiger partial charge in [-0.3, -0.25) is 0 Å². The molecule has 2 heteroatoms. The Hall–Kier alpha value is -0.520. The van der Waals surface area contributed by atoms with E-state index in [2.05, 4.69) is 25.1 Å². The van der Waals surface area contributed by atoms with Crippen molar-refractivity contribution >= 4 is 0 Å². The molecule has 0 saturated heterocycles. The zero-order valence-electron chi connectivity index (χ0n) is 12.3. The third kappa shape index (κ3) is 4.00. The van der Waals surface area contributed by atoms with Gasteiger partial charge in [-0.25, -0.2) is 0 Å². The van der Waals surface area contributed by atoms with Gasteiger partial charge in [0.25, 0.3) is 0 Å². The molecule has 0 bridgehead atoms. The Morgan fingerprint density at radius 1 is 1.44 bits per heavy atom. The molecule has 0 aliphatic heterocycles. The molecule has 18 heavy (non-hydrogen) atoms. The molecule has 1 aliphatic carbocycles. The summed E-state index contributed by atoms with van der Waals surface area (Å²) in [6, 6.07) is 0.452. The first kappa shape index (κ1) is 15.5. The van der Waals surface area contributed by atoms with Crippen LogP contribution in [0.5, 0.6) is 0 Å². The van der Waals surface area contributed by atoms with Crippen molar-refractivity contribution in [3.63, 3.8) is 0 Å². The van der Waals surface area contributed by atoms with Crippen LogP contribution in [0.1, 0.15) is 58.8 Å². The second-order valence-corrected chi connectivity index (χ2v) is 5.66. The Bertz CT molecular complexity index is 261. The van der Waals surface area contributed by atoms with Crippen molar-refractivity contribution in [2.45, 2.75) is 70.4 Å². The Balaban J connectivity index is 2.64. The third-order valence-electron chi connectivity index (χ3n) is 4.43.